The van der Waals surface area contributed by atoms with Crippen LogP contribution < -0.4 is 11.1 Å². The van der Waals surface area contributed by atoms with Crippen LogP contribution in [0.1, 0.15) is 37.5 Å². The Morgan fingerprint density at radius 1 is 1.12 bits per heavy atom. The highest BCUT2D eigenvalue weighted by molar-refractivity contribution is 6.33. The molecule has 170 valence electrons. The maximum absolute atomic E-state index is 12.8. The normalized spacial score (nSPS) is 12.1. The molecule has 5 rings (SSSR count). The number of hydrogen-bond donors (Lipinski definition) is 3. The van der Waals surface area contributed by atoms with Gasteiger partial charge in [-0.2, -0.15) is 5.10 Å². The fourth-order valence-electron chi connectivity index (χ4n) is 4.20. The average Bonchev–Trinajstić information content (AvgIpc) is 3.25. The number of nitrogens with two attached hydrogens (primary N) is 1. The van der Waals surface area contributed by atoms with Crippen molar-refractivity contribution in [1.29, 1.82) is 0 Å². The second kappa shape index (κ2) is 8.74. The van der Waals surface area contributed by atoms with Crippen molar-refractivity contribution in [3.63, 3.8) is 0 Å². The van der Waals surface area contributed by atoms with Crippen molar-refractivity contribution in [2.75, 3.05) is 5.32 Å². The number of aliphatic hydroxyl groups is 1. The number of pyridine rings is 1. The number of halogens is 1. The smallest absolute Gasteiger partial charge is 0.269 e. The van der Waals surface area contributed by atoms with E-state index in [1.165, 1.54) is 6.20 Å². The van der Waals surface area contributed by atoms with E-state index in [2.05, 4.69) is 15.4 Å². The Morgan fingerprint density at radius 3 is 2.62 bits per heavy atom. The fraction of sp³-hybridized carbons (Fsp3) is 0.120. The predicted molar refractivity (Wildman–Crippen MR) is 128 cm³/mol. The van der Waals surface area contributed by atoms with Gasteiger partial charge in [-0.3, -0.25) is 9.59 Å². The third-order valence-corrected chi connectivity index (χ3v) is 6.15. The molecule has 34 heavy (non-hydrogen) atoms. The van der Waals surface area contributed by atoms with Crippen LogP contribution in [-0.4, -0.2) is 31.7 Å². The summed E-state index contributed by atoms with van der Waals surface area (Å²) in [6.45, 7) is -0.0725. The number of amides is 2. The topological polar surface area (TPSA) is 123 Å². The first-order valence-electron chi connectivity index (χ1n) is 10.6. The Bertz CT molecular complexity index is 1430. The molecule has 2 amide bonds. The van der Waals surface area contributed by atoms with Gasteiger partial charge in [0.25, 0.3) is 11.8 Å². The zero-order chi connectivity index (χ0) is 23.8. The fourth-order valence-corrected chi connectivity index (χ4v) is 4.40. The van der Waals surface area contributed by atoms with E-state index in [0.29, 0.717) is 18.5 Å². The molecule has 0 spiro atoms. The van der Waals surface area contributed by atoms with E-state index >= 15 is 0 Å². The number of primary amides is 1. The molecule has 1 aliphatic rings. The van der Waals surface area contributed by atoms with Gasteiger partial charge in [0, 0.05) is 23.0 Å². The molecule has 0 saturated carbocycles. The minimum Gasteiger partial charge on any atom is -0.392 e. The van der Waals surface area contributed by atoms with Crippen LogP contribution in [0.5, 0.6) is 0 Å². The van der Waals surface area contributed by atoms with Crippen LogP contribution in [0.4, 0.5) is 5.69 Å². The van der Waals surface area contributed by atoms with E-state index < -0.39 is 5.91 Å². The molecular weight excluding hydrogens is 454 g/mol. The number of nitrogens with one attached hydrogen (secondary N) is 1. The predicted octanol–water partition coefficient (Wildman–Crippen LogP) is 3.53. The zero-order valence-electron chi connectivity index (χ0n) is 18.0. The number of fused-ring (bicyclic) bond motifs is 3. The number of aliphatic hydroxyl groups excluding tert-OH is 1. The van der Waals surface area contributed by atoms with Gasteiger partial charge >= 0.3 is 0 Å². The number of carbonyl (C=O) groups excluding carboxylic acids is 2. The number of anilines is 1. The first-order chi connectivity index (χ1) is 16.5. The zero-order valence-corrected chi connectivity index (χ0v) is 18.7. The molecule has 2 aromatic heterocycles. The minimum atomic E-state index is -0.596. The summed E-state index contributed by atoms with van der Waals surface area (Å²) >= 11 is 6.07. The molecule has 4 N–H and O–H groups in total. The molecule has 0 fully saturated rings. The SMILES string of the molecule is NC(=O)c1nn(-c2ccc(CO)cc2)c2c1CCc1ccc(NC(=O)c3cccnc3Cl)cc1-2. The lowest BCUT2D eigenvalue weighted by Gasteiger charge is -2.20. The van der Waals surface area contributed by atoms with Gasteiger partial charge in [0.05, 0.1) is 23.6 Å². The molecule has 0 bridgehead atoms. The Labute approximate surface area is 200 Å². The van der Waals surface area contributed by atoms with Crippen molar-refractivity contribution in [2.24, 2.45) is 5.73 Å². The molecule has 0 radical (unpaired) electrons. The standard InChI is InChI=1S/C25H20ClN5O3/c26-23-19(2-1-11-28-23)25(34)29-16-7-5-15-6-10-18-21(24(27)33)30-31(22(18)20(15)12-16)17-8-3-14(13-32)4-9-17/h1-5,7-9,11-12,32H,6,10,13H2,(H2,27,33)(H,29,34). The van der Waals surface area contributed by atoms with Crippen LogP contribution in [0.3, 0.4) is 0 Å². The second-order valence-corrected chi connectivity index (χ2v) is 8.30. The van der Waals surface area contributed by atoms with Crippen molar-refractivity contribution < 1.29 is 14.7 Å². The van der Waals surface area contributed by atoms with Crippen LogP contribution in [0.2, 0.25) is 5.15 Å². The number of rotatable bonds is 5. The quantitative estimate of drug-likeness (QED) is 0.382. The number of hydrogen-bond acceptors (Lipinski definition) is 5. The molecule has 0 aliphatic heterocycles. The lowest BCUT2D eigenvalue weighted by molar-refractivity contribution is 0.0992. The van der Waals surface area contributed by atoms with Gasteiger partial charge in [-0.15, -0.1) is 0 Å². The summed E-state index contributed by atoms with van der Waals surface area (Å²) < 4.78 is 1.69. The maximum atomic E-state index is 12.8. The van der Waals surface area contributed by atoms with Gasteiger partial charge in [0.1, 0.15) is 5.15 Å². The minimum absolute atomic E-state index is 0.0725. The Hall–Kier alpha value is -4.01. The molecule has 8 nitrogen and oxygen atoms in total. The Morgan fingerprint density at radius 2 is 1.91 bits per heavy atom. The summed E-state index contributed by atoms with van der Waals surface area (Å²) in [5.74, 6) is -0.971. The van der Waals surface area contributed by atoms with Gasteiger partial charge in [0.2, 0.25) is 0 Å². The average molecular weight is 474 g/mol. The highest BCUT2D eigenvalue weighted by Gasteiger charge is 2.28. The van der Waals surface area contributed by atoms with Crippen LogP contribution in [0, 0.1) is 0 Å². The summed E-state index contributed by atoms with van der Waals surface area (Å²) in [7, 11) is 0. The van der Waals surface area contributed by atoms with E-state index in [-0.39, 0.29) is 28.9 Å². The van der Waals surface area contributed by atoms with E-state index in [0.717, 1.165) is 33.6 Å². The van der Waals surface area contributed by atoms with E-state index in [4.69, 9.17) is 17.3 Å². The van der Waals surface area contributed by atoms with E-state index in [9.17, 15) is 14.7 Å². The van der Waals surface area contributed by atoms with Gasteiger partial charge in [-0.1, -0.05) is 29.8 Å². The monoisotopic (exact) mass is 473 g/mol. The van der Waals surface area contributed by atoms with Gasteiger partial charge in [-0.05, 0) is 60.4 Å². The molecular formula is C25H20ClN5O3. The number of benzene rings is 2. The van der Waals surface area contributed by atoms with Gasteiger partial charge < -0.3 is 16.2 Å². The molecule has 0 saturated heterocycles. The van der Waals surface area contributed by atoms with Crippen molar-refractivity contribution in [1.82, 2.24) is 14.8 Å². The second-order valence-electron chi connectivity index (χ2n) is 7.94. The molecule has 0 unspecified atom stereocenters. The summed E-state index contributed by atoms with van der Waals surface area (Å²) in [6, 6.07) is 16.1. The highest BCUT2D eigenvalue weighted by Crippen LogP contribution is 2.38. The molecule has 2 aromatic carbocycles. The first-order valence-corrected chi connectivity index (χ1v) is 11.0. The summed E-state index contributed by atoms with van der Waals surface area (Å²) in [5, 5.41) is 16.9. The highest BCUT2D eigenvalue weighted by atomic mass is 35.5. The first kappa shape index (κ1) is 21.8. The summed E-state index contributed by atoms with van der Waals surface area (Å²) in [5.41, 5.74) is 11.6. The lowest BCUT2D eigenvalue weighted by atomic mass is 9.88. The third kappa shape index (κ3) is 3.83. The van der Waals surface area contributed by atoms with Crippen molar-refractivity contribution in [3.05, 3.63) is 93.9 Å². The lowest BCUT2D eigenvalue weighted by Crippen LogP contribution is -2.16. The number of nitrogens with zero attached hydrogens (tertiary/aromatic N) is 3. The number of aryl methyl sites for hydroxylation is 1. The molecule has 9 heteroatoms. The van der Waals surface area contributed by atoms with Crippen molar-refractivity contribution in [2.45, 2.75) is 19.4 Å². The molecule has 4 aromatic rings. The summed E-state index contributed by atoms with van der Waals surface area (Å²) in [6.07, 6.45) is 2.84. The van der Waals surface area contributed by atoms with Crippen LogP contribution >= 0.6 is 11.6 Å². The van der Waals surface area contributed by atoms with Crippen LogP contribution in [0.15, 0.2) is 60.8 Å². The van der Waals surface area contributed by atoms with E-state index in [1.807, 2.05) is 30.3 Å². The van der Waals surface area contributed by atoms with Crippen LogP contribution in [-0.2, 0) is 19.4 Å². The van der Waals surface area contributed by atoms with E-state index in [1.54, 1.807) is 28.9 Å². The van der Waals surface area contributed by atoms with Gasteiger partial charge in [0.15, 0.2) is 5.69 Å². The third-order valence-electron chi connectivity index (χ3n) is 5.85. The summed E-state index contributed by atoms with van der Waals surface area (Å²) in [4.78, 5) is 28.9. The molecule has 2 heterocycles. The number of carbonyl (C=O) groups is 2. The molecule has 1 aliphatic carbocycles. The molecule has 0 atom stereocenters. The van der Waals surface area contributed by atoms with Gasteiger partial charge in [-0.25, -0.2) is 9.67 Å². The van der Waals surface area contributed by atoms with Crippen LogP contribution in [0.25, 0.3) is 16.9 Å². The largest absolute Gasteiger partial charge is 0.392 e. The maximum Gasteiger partial charge on any atom is 0.269 e. The van der Waals surface area contributed by atoms with Crippen molar-refractivity contribution in [3.8, 4) is 16.9 Å². The Kier molecular flexibility index (Phi) is 5.61. The van der Waals surface area contributed by atoms with Crippen molar-refractivity contribution >= 4 is 29.1 Å². The Balaban J connectivity index is 1.60. The number of aromatic nitrogens is 3.